The minimum atomic E-state index is -0.123. The molecule has 0 aliphatic heterocycles. The Balaban J connectivity index is 1.75. The van der Waals surface area contributed by atoms with E-state index < -0.39 is 0 Å². The standard InChI is InChI=1S/C19H24O2S/c1-18-10-8-15(20)17(22)14(18)4-3-11-12-5-6-16(21)19(12,2)9-7-13(11)18/h7,11-12,14H,3-6,8-10H2,1-2H3/t11?,12?,14?,18-,19+/m1/s1. The van der Waals surface area contributed by atoms with Crippen LogP contribution in [0.15, 0.2) is 11.6 Å². The van der Waals surface area contributed by atoms with Crippen LogP contribution in [0.4, 0.5) is 0 Å². The highest BCUT2D eigenvalue weighted by molar-refractivity contribution is 7.82. The molecule has 22 heavy (non-hydrogen) atoms. The Morgan fingerprint density at radius 2 is 1.86 bits per heavy atom. The molecule has 0 bridgehead atoms. The number of allylic oxidation sites excluding steroid dienone is 2. The van der Waals surface area contributed by atoms with Crippen molar-refractivity contribution in [3.8, 4) is 0 Å². The second-order valence-electron chi connectivity index (χ2n) is 8.29. The molecule has 4 aliphatic carbocycles. The summed E-state index contributed by atoms with van der Waals surface area (Å²) >= 11 is 5.49. The molecule has 3 heteroatoms. The van der Waals surface area contributed by atoms with Crippen molar-refractivity contribution in [3.05, 3.63) is 11.6 Å². The Morgan fingerprint density at radius 1 is 1.09 bits per heavy atom. The summed E-state index contributed by atoms with van der Waals surface area (Å²) in [4.78, 5) is 25.1. The van der Waals surface area contributed by atoms with Gasteiger partial charge < -0.3 is 0 Å². The van der Waals surface area contributed by atoms with Crippen molar-refractivity contribution < 1.29 is 9.59 Å². The van der Waals surface area contributed by atoms with Crippen molar-refractivity contribution >= 4 is 28.6 Å². The van der Waals surface area contributed by atoms with Crippen LogP contribution >= 0.6 is 12.2 Å². The third-order valence-electron chi connectivity index (χ3n) is 7.43. The van der Waals surface area contributed by atoms with Crippen LogP contribution in [0, 0.1) is 28.6 Å². The first kappa shape index (κ1) is 14.7. The molecule has 0 aromatic heterocycles. The van der Waals surface area contributed by atoms with E-state index in [1.807, 2.05) is 0 Å². The highest BCUT2D eigenvalue weighted by atomic mass is 32.1. The van der Waals surface area contributed by atoms with Crippen molar-refractivity contribution in [2.45, 2.75) is 58.8 Å². The van der Waals surface area contributed by atoms with Gasteiger partial charge in [-0.15, -0.1) is 0 Å². The van der Waals surface area contributed by atoms with E-state index in [2.05, 4.69) is 19.9 Å². The summed E-state index contributed by atoms with van der Waals surface area (Å²) in [6.45, 7) is 4.51. The largest absolute Gasteiger partial charge is 0.299 e. The summed E-state index contributed by atoms with van der Waals surface area (Å²) in [5, 5.41) is 0. The number of rotatable bonds is 0. The fourth-order valence-electron chi connectivity index (χ4n) is 6.01. The zero-order valence-corrected chi connectivity index (χ0v) is 14.3. The van der Waals surface area contributed by atoms with E-state index in [1.165, 1.54) is 5.57 Å². The van der Waals surface area contributed by atoms with Crippen LogP contribution in [0.3, 0.4) is 0 Å². The van der Waals surface area contributed by atoms with E-state index >= 15 is 0 Å². The number of hydrogen-bond acceptors (Lipinski definition) is 3. The normalized spacial score (nSPS) is 47.6. The minimum Gasteiger partial charge on any atom is -0.299 e. The average Bonchev–Trinajstić information content (AvgIpc) is 2.79. The van der Waals surface area contributed by atoms with E-state index in [4.69, 9.17) is 12.2 Å². The van der Waals surface area contributed by atoms with Gasteiger partial charge in [0, 0.05) is 24.2 Å². The Kier molecular flexibility index (Phi) is 3.08. The Hall–Kier alpha value is -0.830. The minimum absolute atomic E-state index is 0.0703. The third-order valence-corrected chi connectivity index (χ3v) is 7.94. The van der Waals surface area contributed by atoms with E-state index in [1.54, 1.807) is 0 Å². The summed E-state index contributed by atoms with van der Waals surface area (Å²) in [5.41, 5.74) is 1.49. The number of ketones is 2. The predicted molar refractivity (Wildman–Crippen MR) is 89.7 cm³/mol. The van der Waals surface area contributed by atoms with Crippen LogP contribution in [0.5, 0.6) is 0 Å². The smallest absolute Gasteiger partial charge is 0.169 e. The molecule has 3 fully saturated rings. The second-order valence-corrected chi connectivity index (χ2v) is 8.73. The molecule has 3 unspecified atom stereocenters. The maximum Gasteiger partial charge on any atom is 0.169 e. The zero-order valence-electron chi connectivity index (χ0n) is 13.5. The van der Waals surface area contributed by atoms with Crippen LogP contribution in [0.1, 0.15) is 58.8 Å². The van der Waals surface area contributed by atoms with E-state index in [9.17, 15) is 9.59 Å². The van der Waals surface area contributed by atoms with Crippen molar-refractivity contribution in [1.29, 1.82) is 0 Å². The van der Waals surface area contributed by atoms with Gasteiger partial charge in [0.05, 0.1) is 4.86 Å². The van der Waals surface area contributed by atoms with Crippen molar-refractivity contribution in [2.75, 3.05) is 0 Å². The third kappa shape index (κ3) is 1.69. The van der Waals surface area contributed by atoms with Crippen LogP contribution in [0.2, 0.25) is 0 Å². The van der Waals surface area contributed by atoms with Gasteiger partial charge in [-0.2, -0.15) is 0 Å². The molecule has 118 valence electrons. The van der Waals surface area contributed by atoms with Gasteiger partial charge in [-0.1, -0.05) is 37.7 Å². The van der Waals surface area contributed by atoms with E-state index in [0.717, 1.165) is 38.5 Å². The molecule has 2 nitrogen and oxygen atoms in total. The highest BCUT2D eigenvalue weighted by Gasteiger charge is 2.57. The van der Waals surface area contributed by atoms with Gasteiger partial charge in [-0.3, -0.25) is 9.59 Å². The molecule has 0 aromatic carbocycles. The van der Waals surface area contributed by atoms with Gasteiger partial charge in [-0.05, 0) is 49.4 Å². The quantitative estimate of drug-likeness (QED) is 0.499. The number of thiocarbonyl (C=S) groups is 1. The lowest BCUT2D eigenvalue weighted by Crippen LogP contribution is -2.51. The number of carbonyl (C=O) groups is 2. The van der Waals surface area contributed by atoms with Crippen LogP contribution in [0.25, 0.3) is 0 Å². The molecule has 5 atom stereocenters. The van der Waals surface area contributed by atoms with Crippen LogP contribution in [-0.2, 0) is 9.59 Å². The summed E-state index contributed by atoms with van der Waals surface area (Å²) in [6.07, 6.45) is 8.77. The monoisotopic (exact) mass is 316 g/mol. The lowest BCUT2D eigenvalue weighted by atomic mass is 9.49. The van der Waals surface area contributed by atoms with E-state index in [0.29, 0.717) is 28.9 Å². The van der Waals surface area contributed by atoms with Crippen molar-refractivity contribution in [2.24, 2.45) is 28.6 Å². The summed E-state index contributed by atoms with van der Waals surface area (Å²) in [6, 6.07) is 0. The molecule has 4 aliphatic rings. The fraction of sp³-hybridized carbons (Fsp3) is 0.737. The van der Waals surface area contributed by atoms with Gasteiger partial charge in [-0.25, -0.2) is 0 Å². The Bertz CT molecular complexity index is 619. The SMILES string of the molecule is C[C@]12CCC(=O)C(=S)C1CCC1C2=CC[C@]2(C)C(=O)CCC12. The summed E-state index contributed by atoms with van der Waals surface area (Å²) in [7, 11) is 0. The summed E-state index contributed by atoms with van der Waals surface area (Å²) in [5.74, 6) is 1.99. The molecule has 3 saturated carbocycles. The van der Waals surface area contributed by atoms with Crippen molar-refractivity contribution in [3.63, 3.8) is 0 Å². The lowest BCUT2D eigenvalue weighted by Gasteiger charge is -2.54. The first-order valence-corrected chi connectivity index (χ1v) is 9.09. The summed E-state index contributed by atoms with van der Waals surface area (Å²) < 4.78 is 0. The molecule has 0 amide bonds. The number of fused-ring (bicyclic) bond motifs is 5. The predicted octanol–water partition coefficient (Wildman–Crippen LogP) is 4.07. The number of hydrogen-bond donors (Lipinski definition) is 0. The van der Waals surface area contributed by atoms with Gasteiger partial charge in [0.2, 0.25) is 0 Å². The molecular weight excluding hydrogens is 292 g/mol. The molecule has 0 heterocycles. The maximum absolute atomic E-state index is 12.4. The fourth-order valence-corrected chi connectivity index (χ4v) is 6.49. The highest BCUT2D eigenvalue weighted by Crippen LogP contribution is 2.62. The lowest BCUT2D eigenvalue weighted by molar-refractivity contribution is -0.127. The topological polar surface area (TPSA) is 34.1 Å². The maximum atomic E-state index is 12.4. The molecule has 0 radical (unpaired) electrons. The molecular formula is C19H24O2S. The zero-order chi connectivity index (χ0) is 15.7. The number of carbonyl (C=O) groups excluding carboxylic acids is 2. The van der Waals surface area contributed by atoms with Crippen LogP contribution < -0.4 is 0 Å². The van der Waals surface area contributed by atoms with Gasteiger partial charge in [0.15, 0.2) is 5.78 Å². The van der Waals surface area contributed by atoms with Crippen molar-refractivity contribution in [1.82, 2.24) is 0 Å². The number of Topliss-reactive ketones (excluding diaryl/α,β-unsaturated/α-hetero) is 2. The van der Waals surface area contributed by atoms with Gasteiger partial charge in [0.25, 0.3) is 0 Å². The van der Waals surface area contributed by atoms with E-state index in [-0.39, 0.29) is 22.5 Å². The van der Waals surface area contributed by atoms with Crippen LogP contribution in [-0.4, -0.2) is 16.4 Å². The molecule has 0 N–H and O–H groups in total. The molecule has 0 spiro atoms. The van der Waals surface area contributed by atoms with Gasteiger partial charge >= 0.3 is 0 Å². The first-order valence-electron chi connectivity index (χ1n) is 8.69. The molecule has 4 rings (SSSR count). The Morgan fingerprint density at radius 3 is 2.64 bits per heavy atom. The molecule has 0 aromatic rings. The Labute approximate surface area is 137 Å². The average molecular weight is 316 g/mol. The first-order chi connectivity index (χ1) is 10.4. The molecule has 0 saturated heterocycles. The second kappa shape index (κ2) is 4.59. The van der Waals surface area contributed by atoms with Gasteiger partial charge in [0.1, 0.15) is 5.78 Å².